The summed E-state index contributed by atoms with van der Waals surface area (Å²) in [5, 5.41) is 23.2. The van der Waals surface area contributed by atoms with E-state index < -0.39 is 0 Å². The van der Waals surface area contributed by atoms with Gasteiger partial charge in [-0.2, -0.15) is 5.10 Å². The summed E-state index contributed by atoms with van der Waals surface area (Å²) >= 11 is 0. The van der Waals surface area contributed by atoms with Crippen LogP contribution in [0.3, 0.4) is 0 Å². The van der Waals surface area contributed by atoms with Crippen LogP contribution < -0.4 is 5.43 Å². The molecule has 1 fully saturated rings. The third-order valence-corrected chi connectivity index (χ3v) is 5.74. The van der Waals surface area contributed by atoms with Gasteiger partial charge in [0.2, 0.25) is 5.91 Å². The zero-order chi connectivity index (χ0) is 21.3. The van der Waals surface area contributed by atoms with Crippen molar-refractivity contribution in [2.75, 3.05) is 0 Å². The maximum atomic E-state index is 12.9. The normalized spacial score (nSPS) is 17.1. The van der Waals surface area contributed by atoms with Crippen LogP contribution in [0.2, 0.25) is 0 Å². The van der Waals surface area contributed by atoms with Crippen molar-refractivity contribution in [3.63, 3.8) is 0 Å². The van der Waals surface area contributed by atoms with Gasteiger partial charge in [0.15, 0.2) is 0 Å². The molecular weight excluding hydrogens is 376 g/mol. The zero-order valence-corrected chi connectivity index (χ0v) is 17.0. The molecule has 5 heteroatoms. The maximum absolute atomic E-state index is 12.9. The van der Waals surface area contributed by atoms with Crippen LogP contribution >= 0.6 is 0 Å². The third-order valence-electron chi connectivity index (χ3n) is 5.74. The Hall–Kier alpha value is -3.60. The van der Waals surface area contributed by atoms with Crippen molar-refractivity contribution >= 4 is 12.1 Å². The summed E-state index contributed by atoms with van der Waals surface area (Å²) in [7, 11) is 0. The molecule has 0 aliphatic heterocycles. The molecule has 30 heavy (non-hydrogen) atoms. The van der Waals surface area contributed by atoms with Crippen LogP contribution in [0.5, 0.6) is 11.5 Å². The third kappa shape index (κ3) is 3.66. The topological polar surface area (TPSA) is 81.9 Å². The Morgan fingerprint density at radius 1 is 1.00 bits per heavy atom. The second-order valence-corrected chi connectivity index (χ2v) is 7.94. The summed E-state index contributed by atoms with van der Waals surface area (Å²) < 4.78 is 0. The summed E-state index contributed by atoms with van der Waals surface area (Å²) in [4.78, 5) is 12.9. The number of nitrogens with zero attached hydrogens (tertiary/aromatic N) is 1. The molecule has 3 N–H and O–H groups in total. The van der Waals surface area contributed by atoms with E-state index in [2.05, 4.69) is 60.8 Å². The molecule has 1 aliphatic carbocycles. The number of hydrogen-bond acceptors (Lipinski definition) is 4. The summed E-state index contributed by atoms with van der Waals surface area (Å²) in [6.07, 6.45) is 2.09. The minimum Gasteiger partial charge on any atom is -0.508 e. The number of aromatic hydroxyl groups is 2. The van der Waals surface area contributed by atoms with Crippen LogP contribution in [0.25, 0.3) is 0 Å². The molecule has 3 aromatic rings. The first kappa shape index (κ1) is 19.7. The van der Waals surface area contributed by atoms with Crippen molar-refractivity contribution in [2.24, 2.45) is 11.0 Å². The smallest absolute Gasteiger partial charge is 0.244 e. The van der Waals surface area contributed by atoms with Gasteiger partial charge < -0.3 is 10.2 Å². The van der Waals surface area contributed by atoms with Gasteiger partial charge in [0.1, 0.15) is 11.5 Å². The molecule has 0 spiro atoms. The first-order valence-corrected chi connectivity index (χ1v) is 9.89. The van der Waals surface area contributed by atoms with Crippen molar-refractivity contribution in [1.82, 2.24) is 5.43 Å². The highest BCUT2D eigenvalue weighted by Crippen LogP contribution is 2.59. The Morgan fingerprint density at radius 2 is 1.63 bits per heavy atom. The SMILES string of the molecule is Cc1cccc(C2(c3cccc(C)c3)C[C@@H]2C(=O)N/N=C\c2ccc(O)cc2O)c1. The van der Waals surface area contributed by atoms with Crippen molar-refractivity contribution in [2.45, 2.75) is 25.7 Å². The minimum atomic E-state index is -0.363. The van der Waals surface area contributed by atoms with E-state index in [1.165, 1.54) is 24.4 Å². The highest BCUT2D eigenvalue weighted by Gasteiger charge is 2.60. The van der Waals surface area contributed by atoms with Crippen molar-refractivity contribution in [1.29, 1.82) is 0 Å². The Balaban J connectivity index is 1.59. The lowest BCUT2D eigenvalue weighted by molar-refractivity contribution is -0.122. The number of nitrogens with one attached hydrogen (secondary N) is 1. The number of benzene rings is 3. The lowest BCUT2D eigenvalue weighted by Gasteiger charge is -2.19. The van der Waals surface area contributed by atoms with E-state index in [1.807, 2.05) is 12.1 Å². The highest BCUT2D eigenvalue weighted by molar-refractivity contribution is 5.88. The van der Waals surface area contributed by atoms with E-state index >= 15 is 0 Å². The molecule has 4 rings (SSSR count). The average molecular weight is 400 g/mol. The fourth-order valence-electron chi connectivity index (χ4n) is 4.11. The first-order chi connectivity index (χ1) is 14.4. The molecular formula is C25H24N2O3. The minimum absolute atomic E-state index is 0.0345. The van der Waals surface area contributed by atoms with E-state index in [9.17, 15) is 15.0 Å². The fraction of sp³-hybridized carbons (Fsp3) is 0.200. The maximum Gasteiger partial charge on any atom is 0.244 e. The highest BCUT2D eigenvalue weighted by atomic mass is 16.3. The number of rotatable bonds is 5. The number of amides is 1. The quantitative estimate of drug-likeness (QED) is 0.444. The molecule has 0 radical (unpaired) electrons. The molecule has 1 aliphatic rings. The van der Waals surface area contributed by atoms with Gasteiger partial charge in [-0.1, -0.05) is 59.7 Å². The number of carbonyl (C=O) groups excluding carboxylic acids is 1. The Bertz CT molecular complexity index is 1090. The van der Waals surface area contributed by atoms with Gasteiger partial charge in [0, 0.05) is 17.0 Å². The van der Waals surface area contributed by atoms with Crippen molar-refractivity contribution < 1.29 is 15.0 Å². The molecule has 0 heterocycles. The molecule has 1 atom stereocenters. The van der Waals surface area contributed by atoms with Gasteiger partial charge >= 0.3 is 0 Å². The van der Waals surface area contributed by atoms with E-state index in [0.29, 0.717) is 12.0 Å². The van der Waals surface area contributed by atoms with Gasteiger partial charge in [0.25, 0.3) is 0 Å². The number of phenolic OH excluding ortho intramolecular Hbond substituents is 2. The number of carbonyl (C=O) groups is 1. The van der Waals surface area contributed by atoms with Gasteiger partial charge in [-0.05, 0) is 43.5 Å². The molecule has 1 amide bonds. The molecule has 5 nitrogen and oxygen atoms in total. The van der Waals surface area contributed by atoms with Crippen LogP contribution in [0.4, 0.5) is 0 Å². The lowest BCUT2D eigenvalue weighted by atomic mass is 9.84. The Morgan fingerprint density at radius 3 is 2.20 bits per heavy atom. The fourth-order valence-corrected chi connectivity index (χ4v) is 4.11. The number of aryl methyl sites for hydroxylation is 2. The van der Waals surface area contributed by atoms with Crippen LogP contribution in [0, 0.1) is 19.8 Å². The van der Waals surface area contributed by atoms with E-state index in [-0.39, 0.29) is 28.7 Å². The summed E-state index contributed by atoms with van der Waals surface area (Å²) in [5.74, 6) is -0.528. The van der Waals surface area contributed by atoms with Gasteiger partial charge in [0.05, 0.1) is 12.1 Å². The molecule has 0 bridgehead atoms. The average Bonchev–Trinajstić information content (AvgIpc) is 3.47. The van der Waals surface area contributed by atoms with Crippen LogP contribution in [0.15, 0.2) is 71.8 Å². The predicted octanol–water partition coefficient (Wildman–Crippen LogP) is 4.17. The second kappa shape index (κ2) is 7.67. The number of hydrogen-bond donors (Lipinski definition) is 3. The zero-order valence-electron chi connectivity index (χ0n) is 17.0. The van der Waals surface area contributed by atoms with Gasteiger partial charge in [-0.25, -0.2) is 5.43 Å². The summed E-state index contributed by atoms with van der Waals surface area (Å²) in [6.45, 7) is 4.11. The van der Waals surface area contributed by atoms with E-state index in [4.69, 9.17) is 0 Å². The molecule has 0 unspecified atom stereocenters. The monoisotopic (exact) mass is 400 g/mol. The van der Waals surface area contributed by atoms with Crippen molar-refractivity contribution in [3.8, 4) is 11.5 Å². The molecule has 152 valence electrons. The Labute approximate surface area is 175 Å². The van der Waals surface area contributed by atoms with E-state index in [1.54, 1.807) is 0 Å². The number of hydrazone groups is 1. The standard InChI is InChI=1S/C25H24N2O3/c1-16-5-3-7-19(11-16)25(20-8-4-6-17(2)12-20)14-22(25)24(30)27-26-15-18-9-10-21(28)13-23(18)29/h3-13,15,22,28-29H,14H2,1-2H3,(H,27,30)/b26-15-/t22-/m1/s1. The van der Waals surface area contributed by atoms with Crippen LogP contribution in [-0.2, 0) is 10.2 Å². The lowest BCUT2D eigenvalue weighted by Crippen LogP contribution is -2.25. The van der Waals surface area contributed by atoms with Crippen LogP contribution in [-0.4, -0.2) is 22.3 Å². The number of phenols is 2. The van der Waals surface area contributed by atoms with Gasteiger partial charge in [-0.3, -0.25) is 4.79 Å². The summed E-state index contributed by atoms with van der Waals surface area (Å²) in [6, 6.07) is 20.8. The second-order valence-electron chi connectivity index (χ2n) is 7.94. The van der Waals surface area contributed by atoms with E-state index in [0.717, 1.165) is 22.3 Å². The van der Waals surface area contributed by atoms with Crippen molar-refractivity contribution in [3.05, 3.63) is 94.5 Å². The first-order valence-electron chi connectivity index (χ1n) is 9.89. The predicted molar refractivity (Wildman–Crippen MR) is 117 cm³/mol. The largest absolute Gasteiger partial charge is 0.508 e. The molecule has 0 aromatic heterocycles. The van der Waals surface area contributed by atoms with Crippen LogP contribution in [0.1, 0.15) is 34.2 Å². The molecule has 3 aromatic carbocycles. The summed E-state index contributed by atoms with van der Waals surface area (Å²) in [5.41, 5.74) is 7.25. The molecule has 0 saturated heterocycles. The Kier molecular flexibility index (Phi) is 5.04. The molecule has 1 saturated carbocycles. The van der Waals surface area contributed by atoms with Gasteiger partial charge in [-0.15, -0.1) is 0 Å².